The standard InChI is InChI=1S/C15H11ClF3NS/c16-11-7-9(15(17,18)19)5-6-12(11)20-13-8-21-14-4-2-1-3-10(13)14/h1-7,13,20H,8H2. The van der Waals surface area contributed by atoms with Crippen molar-refractivity contribution in [1.82, 2.24) is 0 Å². The Labute approximate surface area is 129 Å². The number of rotatable bonds is 2. The molecule has 0 amide bonds. The van der Waals surface area contributed by atoms with Crippen LogP contribution in [0.1, 0.15) is 17.2 Å². The summed E-state index contributed by atoms with van der Waals surface area (Å²) in [5, 5.41) is 3.31. The summed E-state index contributed by atoms with van der Waals surface area (Å²) in [4.78, 5) is 1.19. The molecule has 1 N–H and O–H groups in total. The first-order chi connectivity index (χ1) is 9.95. The summed E-state index contributed by atoms with van der Waals surface area (Å²) >= 11 is 7.69. The number of hydrogen-bond donors (Lipinski definition) is 1. The number of hydrogen-bond acceptors (Lipinski definition) is 2. The van der Waals surface area contributed by atoms with Crippen molar-refractivity contribution in [2.24, 2.45) is 0 Å². The molecule has 110 valence electrons. The fourth-order valence-electron chi connectivity index (χ4n) is 2.28. The maximum atomic E-state index is 12.6. The molecule has 1 atom stereocenters. The van der Waals surface area contributed by atoms with Gasteiger partial charge < -0.3 is 5.32 Å². The number of fused-ring (bicyclic) bond motifs is 1. The summed E-state index contributed by atoms with van der Waals surface area (Å²) in [6, 6.07) is 11.4. The summed E-state index contributed by atoms with van der Waals surface area (Å²) < 4.78 is 37.9. The van der Waals surface area contributed by atoms with Gasteiger partial charge in [-0.15, -0.1) is 11.8 Å². The molecule has 6 heteroatoms. The van der Waals surface area contributed by atoms with Gasteiger partial charge in [-0.3, -0.25) is 0 Å². The first-order valence-electron chi connectivity index (χ1n) is 6.30. The molecule has 0 aliphatic carbocycles. The molecule has 0 saturated heterocycles. The van der Waals surface area contributed by atoms with Crippen LogP contribution in [0, 0.1) is 0 Å². The van der Waals surface area contributed by atoms with E-state index in [1.165, 1.54) is 11.0 Å². The van der Waals surface area contributed by atoms with Crippen LogP contribution < -0.4 is 5.32 Å². The lowest BCUT2D eigenvalue weighted by Crippen LogP contribution is -2.11. The predicted molar refractivity (Wildman–Crippen MR) is 80.0 cm³/mol. The fourth-order valence-corrected chi connectivity index (χ4v) is 3.67. The first-order valence-corrected chi connectivity index (χ1v) is 7.66. The highest BCUT2D eigenvalue weighted by Gasteiger charge is 2.31. The molecule has 1 unspecified atom stereocenters. The fraction of sp³-hybridized carbons (Fsp3) is 0.200. The quantitative estimate of drug-likeness (QED) is 0.767. The highest BCUT2D eigenvalue weighted by Crippen LogP contribution is 2.41. The molecule has 1 heterocycles. The van der Waals surface area contributed by atoms with Gasteiger partial charge in [0.15, 0.2) is 0 Å². The Morgan fingerprint density at radius 1 is 1.14 bits per heavy atom. The summed E-state index contributed by atoms with van der Waals surface area (Å²) in [5.41, 5.74) is 0.935. The maximum absolute atomic E-state index is 12.6. The van der Waals surface area contributed by atoms with Gasteiger partial charge in [0, 0.05) is 10.6 Å². The van der Waals surface area contributed by atoms with Crippen LogP contribution in [0.4, 0.5) is 18.9 Å². The highest BCUT2D eigenvalue weighted by molar-refractivity contribution is 7.99. The van der Waals surface area contributed by atoms with Gasteiger partial charge in [-0.25, -0.2) is 0 Å². The smallest absolute Gasteiger partial charge is 0.376 e. The summed E-state index contributed by atoms with van der Waals surface area (Å²) in [6.07, 6.45) is -4.38. The lowest BCUT2D eigenvalue weighted by Gasteiger charge is -2.17. The number of benzene rings is 2. The zero-order chi connectivity index (χ0) is 15.0. The average molecular weight is 330 g/mol. The van der Waals surface area contributed by atoms with Crippen LogP contribution >= 0.6 is 23.4 Å². The first kappa shape index (κ1) is 14.6. The molecule has 0 saturated carbocycles. The van der Waals surface area contributed by atoms with Crippen LogP contribution in [0.2, 0.25) is 5.02 Å². The maximum Gasteiger partial charge on any atom is 0.416 e. The van der Waals surface area contributed by atoms with Gasteiger partial charge in [0.1, 0.15) is 0 Å². The molecule has 0 radical (unpaired) electrons. The molecule has 3 rings (SSSR count). The van der Waals surface area contributed by atoms with E-state index in [0.717, 1.165) is 23.4 Å². The van der Waals surface area contributed by atoms with E-state index in [1.54, 1.807) is 11.8 Å². The van der Waals surface area contributed by atoms with Gasteiger partial charge >= 0.3 is 6.18 Å². The van der Waals surface area contributed by atoms with Crippen molar-refractivity contribution in [2.45, 2.75) is 17.1 Å². The van der Waals surface area contributed by atoms with Crippen molar-refractivity contribution in [1.29, 1.82) is 0 Å². The van der Waals surface area contributed by atoms with Gasteiger partial charge in [-0.1, -0.05) is 29.8 Å². The van der Waals surface area contributed by atoms with Crippen molar-refractivity contribution >= 4 is 29.1 Å². The second kappa shape index (κ2) is 5.46. The molecule has 0 bridgehead atoms. The second-order valence-electron chi connectivity index (χ2n) is 4.74. The number of thioether (sulfide) groups is 1. The molecule has 0 fully saturated rings. The number of alkyl halides is 3. The Morgan fingerprint density at radius 3 is 2.62 bits per heavy atom. The van der Waals surface area contributed by atoms with Crippen LogP contribution in [0.15, 0.2) is 47.4 Å². The van der Waals surface area contributed by atoms with Crippen molar-refractivity contribution in [3.8, 4) is 0 Å². The molecule has 1 aliphatic rings. The van der Waals surface area contributed by atoms with E-state index in [-0.39, 0.29) is 11.1 Å². The van der Waals surface area contributed by atoms with Gasteiger partial charge in [-0.2, -0.15) is 13.2 Å². The van der Waals surface area contributed by atoms with Crippen LogP contribution in [0.3, 0.4) is 0 Å². The molecule has 1 aliphatic heterocycles. The Kier molecular flexibility index (Phi) is 3.80. The summed E-state index contributed by atoms with van der Waals surface area (Å²) in [7, 11) is 0. The van der Waals surface area contributed by atoms with E-state index in [1.807, 2.05) is 24.3 Å². The van der Waals surface area contributed by atoms with Crippen LogP contribution in [-0.2, 0) is 6.18 Å². The van der Waals surface area contributed by atoms with Gasteiger partial charge in [0.05, 0.1) is 22.3 Å². The number of halogens is 4. The highest BCUT2D eigenvalue weighted by atomic mass is 35.5. The third-order valence-corrected chi connectivity index (χ3v) is 4.82. The van der Waals surface area contributed by atoms with E-state index in [9.17, 15) is 13.2 Å². The minimum absolute atomic E-state index is 0.0560. The summed E-state index contributed by atoms with van der Waals surface area (Å²) in [5.74, 6) is 0.830. The van der Waals surface area contributed by atoms with Gasteiger partial charge in [0.2, 0.25) is 0 Å². The van der Waals surface area contributed by atoms with Crippen molar-refractivity contribution < 1.29 is 13.2 Å². The second-order valence-corrected chi connectivity index (χ2v) is 6.21. The molecule has 0 aromatic heterocycles. The van der Waals surface area contributed by atoms with E-state index in [4.69, 9.17) is 11.6 Å². The minimum Gasteiger partial charge on any atom is -0.376 e. The Hall–Kier alpha value is -1.33. The van der Waals surface area contributed by atoms with Gasteiger partial charge in [-0.05, 0) is 29.8 Å². The van der Waals surface area contributed by atoms with Gasteiger partial charge in [0.25, 0.3) is 0 Å². The molecule has 21 heavy (non-hydrogen) atoms. The van der Waals surface area contributed by atoms with E-state index < -0.39 is 11.7 Å². The Bertz CT molecular complexity index is 672. The molecule has 0 spiro atoms. The lowest BCUT2D eigenvalue weighted by atomic mass is 10.1. The summed E-state index contributed by atoms with van der Waals surface area (Å²) in [6.45, 7) is 0. The molecule has 2 aromatic carbocycles. The third-order valence-electron chi connectivity index (χ3n) is 3.33. The normalized spacial score (nSPS) is 17.6. The molecular weight excluding hydrogens is 319 g/mol. The average Bonchev–Trinajstić information content (AvgIpc) is 2.83. The lowest BCUT2D eigenvalue weighted by molar-refractivity contribution is -0.137. The van der Waals surface area contributed by atoms with Crippen molar-refractivity contribution in [3.05, 3.63) is 58.6 Å². The minimum atomic E-state index is -4.38. The number of nitrogens with one attached hydrogen (secondary N) is 1. The topological polar surface area (TPSA) is 12.0 Å². The van der Waals surface area contributed by atoms with E-state index in [0.29, 0.717) is 5.69 Å². The molecular formula is C15H11ClF3NS. The monoisotopic (exact) mass is 329 g/mol. The predicted octanol–water partition coefficient (Wildman–Crippen LogP) is 5.62. The van der Waals surface area contributed by atoms with Crippen molar-refractivity contribution in [3.63, 3.8) is 0 Å². The van der Waals surface area contributed by atoms with Crippen molar-refractivity contribution in [2.75, 3.05) is 11.1 Å². The zero-order valence-electron chi connectivity index (χ0n) is 10.7. The van der Waals surface area contributed by atoms with E-state index in [2.05, 4.69) is 5.32 Å². The molecule has 2 aromatic rings. The number of anilines is 1. The zero-order valence-corrected chi connectivity index (χ0v) is 12.3. The third kappa shape index (κ3) is 2.99. The van der Waals surface area contributed by atoms with Crippen LogP contribution in [0.25, 0.3) is 0 Å². The largest absolute Gasteiger partial charge is 0.416 e. The SMILES string of the molecule is FC(F)(F)c1ccc(NC2CSc3ccccc32)c(Cl)c1. The molecule has 1 nitrogen and oxygen atoms in total. The van der Waals surface area contributed by atoms with Crippen LogP contribution in [-0.4, -0.2) is 5.75 Å². The van der Waals surface area contributed by atoms with E-state index >= 15 is 0 Å². The Morgan fingerprint density at radius 2 is 1.90 bits per heavy atom. The Balaban J connectivity index is 1.84. The van der Waals surface area contributed by atoms with Crippen LogP contribution in [0.5, 0.6) is 0 Å².